The van der Waals surface area contributed by atoms with Gasteiger partial charge in [0, 0.05) is 9.86 Å². The molecular formula is C20H16BrN3O3S. The minimum absolute atomic E-state index is 0.140. The third-order valence-electron chi connectivity index (χ3n) is 4.09. The lowest BCUT2D eigenvalue weighted by atomic mass is 10.2. The third-order valence-corrected chi connectivity index (χ3v) is 5.60. The Kier molecular flexibility index (Phi) is 5.50. The molecule has 0 fully saturated rings. The number of halogens is 1. The lowest BCUT2D eigenvalue weighted by molar-refractivity contribution is -0.119. The molecule has 0 aliphatic carbocycles. The Hall–Kier alpha value is -2.58. The second kappa shape index (κ2) is 8.20. The van der Waals surface area contributed by atoms with Crippen LogP contribution in [0.5, 0.6) is 0 Å². The number of amides is 1. The normalized spacial score (nSPS) is 12.2. The van der Waals surface area contributed by atoms with Crippen LogP contribution in [0, 0.1) is 0 Å². The highest BCUT2D eigenvalue weighted by Crippen LogP contribution is 2.29. The second-order valence-electron chi connectivity index (χ2n) is 6.12. The Morgan fingerprint density at radius 2 is 1.93 bits per heavy atom. The standard InChI is InChI=1S/C20H16BrN3O3S/c1-12(17-10-13-6-2-5-9-16(13)26-17)22-18(25)11-28-20-24-23-19(27-20)14-7-3-4-8-15(14)21/h2-10,12H,11H2,1H3,(H,22,25)/t12-/m0/s1. The number of benzene rings is 2. The summed E-state index contributed by atoms with van der Waals surface area (Å²) in [5.74, 6) is 1.15. The summed E-state index contributed by atoms with van der Waals surface area (Å²) in [7, 11) is 0. The summed E-state index contributed by atoms with van der Waals surface area (Å²) in [5, 5.41) is 12.3. The first-order valence-electron chi connectivity index (χ1n) is 8.59. The van der Waals surface area contributed by atoms with Gasteiger partial charge in [-0.15, -0.1) is 10.2 Å². The predicted molar refractivity (Wildman–Crippen MR) is 111 cm³/mol. The van der Waals surface area contributed by atoms with Crippen LogP contribution < -0.4 is 5.32 Å². The van der Waals surface area contributed by atoms with Crippen molar-refractivity contribution in [3.05, 3.63) is 64.8 Å². The Morgan fingerprint density at radius 3 is 2.75 bits per heavy atom. The molecule has 8 heteroatoms. The van der Waals surface area contributed by atoms with Crippen LogP contribution in [0.25, 0.3) is 22.4 Å². The lowest BCUT2D eigenvalue weighted by Gasteiger charge is -2.10. The van der Waals surface area contributed by atoms with Crippen molar-refractivity contribution >= 4 is 44.6 Å². The average Bonchev–Trinajstić information content (AvgIpc) is 3.34. The number of nitrogens with zero attached hydrogens (tertiary/aromatic N) is 2. The number of thioether (sulfide) groups is 1. The van der Waals surface area contributed by atoms with E-state index in [1.807, 2.05) is 61.5 Å². The fraction of sp³-hybridized carbons (Fsp3) is 0.150. The van der Waals surface area contributed by atoms with E-state index in [0.29, 0.717) is 16.9 Å². The van der Waals surface area contributed by atoms with Crippen LogP contribution in [0.3, 0.4) is 0 Å². The molecule has 2 aromatic carbocycles. The van der Waals surface area contributed by atoms with Crippen molar-refractivity contribution < 1.29 is 13.6 Å². The molecule has 6 nitrogen and oxygen atoms in total. The highest BCUT2D eigenvalue weighted by Gasteiger charge is 2.16. The van der Waals surface area contributed by atoms with Crippen molar-refractivity contribution in [3.8, 4) is 11.5 Å². The number of carbonyl (C=O) groups excluding carboxylic acids is 1. The molecule has 142 valence electrons. The van der Waals surface area contributed by atoms with Gasteiger partial charge in [0.05, 0.1) is 17.4 Å². The van der Waals surface area contributed by atoms with E-state index in [1.165, 1.54) is 11.8 Å². The van der Waals surface area contributed by atoms with Gasteiger partial charge in [0.1, 0.15) is 11.3 Å². The number of furan rings is 1. The van der Waals surface area contributed by atoms with Crippen molar-refractivity contribution in [2.24, 2.45) is 0 Å². The summed E-state index contributed by atoms with van der Waals surface area (Å²) in [5.41, 5.74) is 1.61. The van der Waals surface area contributed by atoms with Crippen LogP contribution in [0.4, 0.5) is 0 Å². The summed E-state index contributed by atoms with van der Waals surface area (Å²) in [6, 6.07) is 17.0. The zero-order valence-corrected chi connectivity index (χ0v) is 17.3. The van der Waals surface area contributed by atoms with Gasteiger partial charge in [0.25, 0.3) is 5.22 Å². The fourth-order valence-corrected chi connectivity index (χ4v) is 3.74. The van der Waals surface area contributed by atoms with E-state index in [9.17, 15) is 4.79 Å². The molecule has 0 saturated carbocycles. The van der Waals surface area contributed by atoms with E-state index < -0.39 is 0 Å². The maximum absolute atomic E-state index is 12.3. The Labute approximate surface area is 173 Å². The van der Waals surface area contributed by atoms with Gasteiger partial charge in [0.2, 0.25) is 11.8 Å². The van der Waals surface area contributed by atoms with Gasteiger partial charge in [-0.3, -0.25) is 4.79 Å². The molecular weight excluding hydrogens is 442 g/mol. The van der Waals surface area contributed by atoms with Crippen molar-refractivity contribution in [2.75, 3.05) is 5.75 Å². The molecule has 4 rings (SSSR count). The summed E-state index contributed by atoms with van der Waals surface area (Å²) >= 11 is 4.65. The first-order valence-corrected chi connectivity index (χ1v) is 10.4. The number of aromatic nitrogens is 2. The predicted octanol–water partition coefficient (Wildman–Crippen LogP) is 5.21. The zero-order chi connectivity index (χ0) is 19.5. The smallest absolute Gasteiger partial charge is 0.277 e. The summed E-state index contributed by atoms with van der Waals surface area (Å²) in [6.45, 7) is 1.89. The molecule has 0 aliphatic rings. The van der Waals surface area contributed by atoms with Crippen LogP contribution in [0.2, 0.25) is 0 Å². The van der Waals surface area contributed by atoms with Gasteiger partial charge in [-0.1, -0.05) is 42.1 Å². The average molecular weight is 458 g/mol. The molecule has 0 bridgehead atoms. The maximum atomic E-state index is 12.3. The molecule has 4 aromatic rings. The molecule has 0 radical (unpaired) electrons. The minimum atomic E-state index is -0.237. The van der Waals surface area contributed by atoms with E-state index >= 15 is 0 Å². The molecule has 1 atom stereocenters. The van der Waals surface area contributed by atoms with Crippen molar-refractivity contribution in [1.29, 1.82) is 0 Å². The van der Waals surface area contributed by atoms with Crippen LogP contribution in [-0.4, -0.2) is 21.9 Å². The number of fused-ring (bicyclic) bond motifs is 1. The SMILES string of the molecule is C[C@H](NC(=O)CSc1nnc(-c2ccccc2Br)o1)c1cc2ccccc2o1. The van der Waals surface area contributed by atoms with Crippen molar-refractivity contribution in [1.82, 2.24) is 15.5 Å². The summed E-state index contributed by atoms with van der Waals surface area (Å²) in [4.78, 5) is 12.3. The van der Waals surface area contributed by atoms with E-state index in [1.54, 1.807) is 0 Å². The van der Waals surface area contributed by atoms with Crippen molar-refractivity contribution in [2.45, 2.75) is 18.2 Å². The Bertz CT molecular complexity index is 1090. The van der Waals surface area contributed by atoms with Gasteiger partial charge >= 0.3 is 0 Å². The number of nitrogens with one attached hydrogen (secondary N) is 1. The molecule has 1 N–H and O–H groups in total. The topological polar surface area (TPSA) is 81.2 Å². The second-order valence-corrected chi connectivity index (χ2v) is 7.90. The number of rotatable bonds is 6. The van der Waals surface area contributed by atoms with E-state index in [-0.39, 0.29) is 17.7 Å². The number of hydrogen-bond acceptors (Lipinski definition) is 6. The zero-order valence-electron chi connectivity index (χ0n) is 14.9. The van der Waals surface area contributed by atoms with Gasteiger partial charge < -0.3 is 14.2 Å². The van der Waals surface area contributed by atoms with E-state index in [0.717, 1.165) is 21.0 Å². The van der Waals surface area contributed by atoms with Crippen LogP contribution >= 0.6 is 27.7 Å². The van der Waals surface area contributed by atoms with Gasteiger partial charge in [-0.25, -0.2) is 0 Å². The molecule has 2 heterocycles. The van der Waals surface area contributed by atoms with Gasteiger partial charge in [-0.05, 0) is 47.1 Å². The van der Waals surface area contributed by atoms with Crippen LogP contribution in [0.1, 0.15) is 18.7 Å². The largest absolute Gasteiger partial charge is 0.459 e. The van der Waals surface area contributed by atoms with Crippen molar-refractivity contribution in [3.63, 3.8) is 0 Å². The first kappa shape index (κ1) is 18.8. The molecule has 0 spiro atoms. The molecule has 1 amide bonds. The number of para-hydroxylation sites is 1. The monoisotopic (exact) mass is 457 g/mol. The molecule has 28 heavy (non-hydrogen) atoms. The van der Waals surface area contributed by atoms with Crippen LogP contribution in [0.15, 0.2) is 73.1 Å². The molecule has 0 saturated heterocycles. The Morgan fingerprint density at radius 1 is 1.14 bits per heavy atom. The first-order chi connectivity index (χ1) is 13.6. The maximum Gasteiger partial charge on any atom is 0.277 e. The Balaban J connectivity index is 1.35. The van der Waals surface area contributed by atoms with Gasteiger partial charge in [-0.2, -0.15) is 0 Å². The highest BCUT2D eigenvalue weighted by atomic mass is 79.9. The summed E-state index contributed by atoms with van der Waals surface area (Å²) < 4.78 is 12.3. The van der Waals surface area contributed by atoms with E-state index in [4.69, 9.17) is 8.83 Å². The number of carbonyl (C=O) groups is 1. The summed E-state index contributed by atoms with van der Waals surface area (Å²) in [6.07, 6.45) is 0. The molecule has 0 unspecified atom stereocenters. The minimum Gasteiger partial charge on any atom is -0.459 e. The number of hydrogen-bond donors (Lipinski definition) is 1. The third kappa shape index (κ3) is 4.13. The van der Waals surface area contributed by atoms with Crippen LogP contribution in [-0.2, 0) is 4.79 Å². The van der Waals surface area contributed by atoms with Gasteiger partial charge in [0.15, 0.2) is 0 Å². The quantitative estimate of drug-likeness (QED) is 0.400. The lowest BCUT2D eigenvalue weighted by Crippen LogP contribution is -2.27. The van der Waals surface area contributed by atoms with E-state index in [2.05, 4.69) is 31.4 Å². The molecule has 0 aliphatic heterocycles. The molecule has 2 aromatic heterocycles. The fourth-order valence-electron chi connectivity index (χ4n) is 2.71. The highest BCUT2D eigenvalue weighted by molar-refractivity contribution is 9.10.